The quantitative estimate of drug-likeness (QED) is 0.838. The average Bonchev–Trinajstić information content (AvgIpc) is 2.95. The summed E-state index contributed by atoms with van der Waals surface area (Å²) in [5.41, 5.74) is 0.921. The first kappa shape index (κ1) is 13.6. The maximum atomic E-state index is 11.7. The number of aromatic nitrogens is 2. The summed E-state index contributed by atoms with van der Waals surface area (Å²) in [5.74, 6) is 0.0307. The fourth-order valence-electron chi connectivity index (χ4n) is 1.82. The molecule has 1 fully saturated rings. The highest BCUT2D eigenvalue weighted by molar-refractivity contribution is 9.10. The van der Waals surface area contributed by atoms with Crippen molar-refractivity contribution in [3.05, 3.63) is 33.2 Å². The molecule has 0 aliphatic heterocycles. The summed E-state index contributed by atoms with van der Waals surface area (Å²) in [4.78, 5) is 12.9. The fourth-order valence-corrected chi connectivity index (χ4v) is 3.26. The minimum Gasteiger partial charge on any atom is -0.378 e. The van der Waals surface area contributed by atoms with Crippen molar-refractivity contribution in [3.63, 3.8) is 0 Å². The number of nitrogens with one attached hydrogen (secondary N) is 2. The third-order valence-corrected chi connectivity index (χ3v) is 4.95. The van der Waals surface area contributed by atoms with Crippen LogP contribution in [0.15, 0.2) is 28.3 Å². The molecule has 0 unspecified atom stereocenters. The number of thiophene rings is 1. The van der Waals surface area contributed by atoms with Gasteiger partial charge in [0.15, 0.2) is 0 Å². The van der Waals surface area contributed by atoms with Gasteiger partial charge in [-0.3, -0.25) is 9.48 Å². The summed E-state index contributed by atoms with van der Waals surface area (Å²) in [5, 5.41) is 12.5. The van der Waals surface area contributed by atoms with Gasteiger partial charge in [0.2, 0.25) is 5.91 Å². The lowest BCUT2D eigenvalue weighted by atomic mass is 10.4. The number of carbonyl (C=O) groups excluding carboxylic acids is 1. The average molecular weight is 355 g/mol. The predicted molar refractivity (Wildman–Crippen MR) is 82.7 cm³/mol. The van der Waals surface area contributed by atoms with Crippen molar-refractivity contribution < 1.29 is 4.79 Å². The van der Waals surface area contributed by atoms with Crippen LogP contribution in [0.5, 0.6) is 0 Å². The molecule has 0 bridgehead atoms. The third kappa shape index (κ3) is 3.61. The lowest BCUT2D eigenvalue weighted by molar-refractivity contribution is -0.122. The summed E-state index contributed by atoms with van der Waals surface area (Å²) >= 11 is 5.20. The highest BCUT2D eigenvalue weighted by Crippen LogP contribution is 2.23. The van der Waals surface area contributed by atoms with Gasteiger partial charge in [0.05, 0.1) is 18.4 Å². The molecule has 1 aliphatic carbocycles. The molecule has 0 atom stereocenters. The Morgan fingerprint density at radius 1 is 1.55 bits per heavy atom. The van der Waals surface area contributed by atoms with Crippen molar-refractivity contribution in [1.29, 1.82) is 0 Å². The van der Waals surface area contributed by atoms with Gasteiger partial charge >= 0.3 is 0 Å². The van der Waals surface area contributed by atoms with E-state index in [0.29, 0.717) is 6.04 Å². The van der Waals surface area contributed by atoms with Gasteiger partial charge in [-0.15, -0.1) is 11.3 Å². The molecule has 0 aromatic carbocycles. The topological polar surface area (TPSA) is 59.0 Å². The summed E-state index contributed by atoms with van der Waals surface area (Å²) in [6.45, 7) is 1.03. The number of hydrogen-bond acceptors (Lipinski definition) is 4. The smallest absolute Gasteiger partial charge is 0.241 e. The zero-order valence-electron chi connectivity index (χ0n) is 10.8. The van der Waals surface area contributed by atoms with E-state index in [4.69, 9.17) is 0 Å². The first-order valence-corrected chi connectivity index (χ1v) is 8.15. The van der Waals surface area contributed by atoms with Crippen LogP contribution in [0.25, 0.3) is 0 Å². The summed E-state index contributed by atoms with van der Waals surface area (Å²) < 4.78 is 2.77. The maximum Gasteiger partial charge on any atom is 0.241 e. The molecule has 0 radical (unpaired) electrons. The van der Waals surface area contributed by atoms with Crippen LogP contribution in [0.1, 0.15) is 17.7 Å². The standard InChI is InChI=1S/C13H15BrN4OS/c14-11-3-4-20-12(11)6-15-10-5-16-18(7-10)8-13(19)17-9-1-2-9/h3-5,7,9,15H,1-2,6,8H2,(H,17,19). The second-order valence-electron chi connectivity index (χ2n) is 4.81. The van der Waals surface area contributed by atoms with E-state index in [1.807, 2.05) is 17.6 Å². The van der Waals surface area contributed by atoms with Crippen molar-refractivity contribution in [2.75, 3.05) is 5.32 Å². The summed E-state index contributed by atoms with van der Waals surface area (Å²) in [7, 11) is 0. The van der Waals surface area contributed by atoms with E-state index in [2.05, 4.69) is 31.7 Å². The van der Waals surface area contributed by atoms with Crippen molar-refractivity contribution in [2.45, 2.75) is 32.0 Å². The number of carbonyl (C=O) groups is 1. The van der Waals surface area contributed by atoms with Crippen LogP contribution in [-0.2, 0) is 17.9 Å². The minimum atomic E-state index is 0.0307. The predicted octanol–water partition coefficient (Wildman–Crippen LogP) is 2.60. The number of amides is 1. The van der Waals surface area contributed by atoms with Crippen LogP contribution < -0.4 is 10.6 Å². The van der Waals surface area contributed by atoms with Crippen LogP contribution in [0.4, 0.5) is 5.69 Å². The van der Waals surface area contributed by atoms with Gasteiger partial charge in [0.25, 0.3) is 0 Å². The molecule has 3 rings (SSSR count). The monoisotopic (exact) mass is 354 g/mol. The first-order valence-electron chi connectivity index (χ1n) is 6.48. The zero-order valence-corrected chi connectivity index (χ0v) is 13.2. The Morgan fingerprint density at radius 2 is 2.40 bits per heavy atom. The molecule has 106 valence electrons. The molecular weight excluding hydrogens is 340 g/mol. The lowest BCUT2D eigenvalue weighted by Gasteiger charge is -2.03. The Kier molecular flexibility index (Phi) is 4.07. The molecule has 1 saturated carbocycles. The molecule has 0 saturated heterocycles. The van der Waals surface area contributed by atoms with Gasteiger partial charge in [0.1, 0.15) is 6.54 Å². The normalized spacial score (nSPS) is 14.2. The summed E-state index contributed by atoms with van der Waals surface area (Å²) in [6, 6.07) is 2.43. The molecule has 2 N–H and O–H groups in total. The number of nitrogens with zero attached hydrogens (tertiary/aromatic N) is 2. The van der Waals surface area contributed by atoms with Crippen molar-refractivity contribution in [3.8, 4) is 0 Å². The SMILES string of the molecule is O=C(Cn1cc(NCc2sccc2Br)cn1)NC1CC1. The minimum absolute atomic E-state index is 0.0307. The van der Waals surface area contributed by atoms with Crippen LogP contribution in [0.2, 0.25) is 0 Å². The zero-order chi connectivity index (χ0) is 13.9. The van der Waals surface area contributed by atoms with Gasteiger partial charge in [0, 0.05) is 21.6 Å². The van der Waals surface area contributed by atoms with E-state index >= 15 is 0 Å². The van der Waals surface area contributed by atoms with E-state index in [1.165, 1.54) is 4.88 Å². The van der Waals surface area contributed by atoms with Crippen molar-refractivity contribution >= 4 is 38.9 Å². The Bertz CT molecular complexity index is 605. The molecular formula is C13H15BrN4OS. The number of hydrogen-bond donors (Lipinski definition) is 2. The largest absolute Gasteiger partial charge is 0.378 e. The second-order valence-corrected chi connectivity index (χ2v) is 6.67. The number of anilines is 1. The van der Waals surface area contributed by atoms with E-state index < -0.39 is 0 Å². The summed E-state index contributed by atoms with van der Waals surface area (Å²) in [6.07, 6.45) is 5.81. The fraction of sp³-hybridized carbons (Fsp3) is 0.385. The molecule has 7 heteroatoms. The first-order chi connectivity index (χ1) is 9.70. The lowest BCUT2D eigenvalue weighted by Crippen LogP contribution is -2.29. The van der Waals surface area contributed by atoms with E-state index in [-0.39, 0.29) is 12.5 Å². The Hall–Kier alpha value is -1.34. The highest BCUT2D eigenvalue weighted by Gasteiger charge is 2.23. The third-order valence-electron chi connectivity index (χ3n) is 3.03. The van der Waals surface area contributed by atoms with Gasteiger partial charge in [-0.2, -0.15) is 5.10 Å². The van der Waals surface area contributed by atoms with Crippen LogP contribution in [0, 0.1) is 0 Å². The Balaban J connectivity index is 1.51. The van der Waals surface area contributed by atoms with Gasteiger partial charge in [-0.25, -0.2) is 0 Å². The van der Waals surface area contributed by atoms with E-state index in [1.54, 1.807) is 22.2 Å². The van der Waals surface area contributed by atoms with Gasteiger partial charge < -0.3 is 10.6 Å². The number of halogens is 1. The van der Waals surface area contributed by atoms with Gasteiger partial charge in [-0.05, 0) is 40.2 Å². The van der Waals surface area contributed by atoms with Crippen LogP contribution >= 0.6 is 27.3 Å². The highest BCUT2D eigenvalue weighted by atomic mass is 79.9. The Morgan fingerprint density at radius 3 is 3.10 bits per heavy atom. The molecule has 1 aliphatic rings. The molecule has 2 heterocycles. The molecule has 20 heavy (non-hydrogen) atoms. The van der Waals surface area contributed by atoms with Crippen molar-refractivity contribution in [1.82, 2.24) is 15.1 Å². The Labute approximate surface area is 129 Å². The molecule has 1 amide bonds. The molecule has 0 spiro atoms. The molecule has 2 aromatic heterocycles. The van der Waals surface area contributed by atoms with Crippen LogP contribution in [0.3, 0.4) is 0 Å². The maximum absolute atomic E-state index is 11.7. The van der Waals surface area contributed by atoms with Crippen LogP contribution in [-0.4, -0.2) is 21.7 Å². The van der Waals surface area contributed by atoms with E-state index in [0.717, 1.165) is 29.5 Å². The van der Waals surface area contributed by atoms with E-state index in [9.17, 15) is 4.79 Å². The number of rotatable bonds is 6. The van der Waals surface area contributed by atoms with Crippen molar-refractivity contribution in [2.24, 2.45) is 0 Å². The second kappa shape index (κ2) is 5.97. The molecule has 2 aromatic rings. The molecule has 5 nitrogen and oxygen atoms in total. The van der Waals surface area contributed by atoms with Gasteiger partial charge in [-0.1, -0.05) is 0 Å².